The predicted octanol–water partition coefficient (Wildman–Crippen LogP) is 1.70. The highest BCUT2D eigenvalue weighted by atomic mass is 16.5. The Hall–Kier alpha value is -2.24. The zero-order chi connectivity index (χ0) is 18.0. The molecule has 1 heterocycles. The van der Waals surface area contributed by atoms with E-state index in [4.69, 9.17) is 4.74 Å². The van der Waals surface area contributed by atoms with Crippen LogP contribution in [0.3, 0.4) is 0 Å². The summed E-state index contributed by atoms with van der Waals surface area (Å²) in [5.74, 6) is 0.648. The number of benzene rings is 1. The lowest BCUT2D eigenvalue weighted by Crippen LogP contribution is -2.46. The Bertz CT molecular complexity index is 630. The summed E-state index contributed by atoms with van der Waals surface area (Å²) in [5, 5.41) is 0. The van der Waals surface area contributed by atoms with Crippen molar-refractivity contribution in [1.29, 1.82) is 0 Å². The van der Waals surface area contributed by atoms with Gasteiger partial charge in [0.25, 0.3) is 5.91 Å². The Morgan fingerprint density at radius 2 is 2.00 bits per heavy atom. The second-order valence-electron chi connectivity index (χ2n) is 6.77. The molecule has 24 heavy (non-hydrogen) atoms. The van der Waals surface area contributed by atoms with E-state index in [1.807, 2.05) is 45.1 Å². The minimum absolute atomic E-state index is 0.00147. The number of rotatable bonds is 3. The number of hydrogen-bond acceptors (Lipinski definition) is 4. The second kappa shape index (κ2) is 7.11. The number of para-hydroxylation sites is 1. The molecule has 0 saturated carbocycles. The van der Waals surface area contributed by atoms with Crippen LogP contribution in [0.4, 0.5) is 5.69 Å². The number of fused-ring (bicyclic) bond motifs is 1. The van der Waals surface area contributed by atoms with Crippen LogP contribution in [0.5, 0.6) is 5.75 Å². The fourth-order valence-electron chi connectivity index (χ4n) is 2.89. The highest BCUT2D eigenvalue weighted by molar-refractivity contribution is 5.99. The molecule has 0 spiro atoms. The second-order valence-corrected chi connectivity index (χ2v) is 6.77. The van der Waals surface area contributed by atoms with Gasteiger partial charge in [0, 0.05) is 47.6 Å². The van der Waals surface area contributed by atoms with E-state index in [2.05, 4.69) is 0 Å². The summed E-state index contributed by atoms with van der Waals surface area (Å²) in [7, 11) is 7.42. The Morgan fingerprint density at radius 1 is 1.33 bits per heavy atom. The third kappa shape index (κ3) is 3.63. The molecule has 6 nitrogen and oxygen atoms in total. The normalized spacial score (nSPS) is 20.6. The summed E-state index contributed by atoms with van der Waals surface area (Å²) in [4.78, 5) is 29.6. The van der Waals surface area contributed by atoms with E-state index in [0.717, 1.165) is 5.69 Å². The molecular weight excluding hydrogens is 306 g/mol. The van der Waals surface area contributed by atoms with Gasteiger partial charge in [-0.15, -0.1) is 0 Å². The van der Waals surface area contributed by atoms with Crippen LogP contribution >= 0.6 is 0 Å². The van der Waals surface area contributed by atoms with Crippen molar-refractivity contribution < 1.29 is 14.3 Å². The first-order valence-electron chi connectivity index (χ1n) is 8.16. The average Bonchev–Trinajstić information content (AvgIpc) is 2.52. The largest absolute Gasteiger partial charge is 0.485 e. The number of nitrogens with zero attached hydrogens (tertiary/aromatic N) is 3. The Kier molecular flexibility index (Phi) is 5.36. The molecule has 132 valence electrons. The molecule has 0 radical (unpaired) electrons. The van der Waals surface area contributed by atoms with Gasteiger partial charge in [-0.25, -0.2) is 0 Å². The van der Waals surface area contributed by atoms with Crippen LogP contribution in [0.25, 0.3) is 0 Å². The lowest BCUT2D eigenvalue weighted by molar-refractivity contribution is -0.129. The lowest BCUT2D eigenvalue weighted by Gasteiger charge is -2.35. The predicted molar refractivity (Wildman–Crippen MR) is 94.6 cm³/mol. The molecule has 2 amide bonds. The van der Waals surface area contributed by atoms with E-state index in [-0.39, 0.29) is 23.8 Å². The number of hydrogen-bond donors (Lipinski definition) is 0. The number of carbonyl (C=O) groups excluding carboxylic acids is 2. The molecular formula is C18H27N3O3. The van der Waals surface area contributed by atoms with Gasteiger partial charge in [0.05, 0.1) is 17.8 Å². The van der Waals surface area contributed by atoms with Gasteiger partial charge in [0.1, 0.15) is 6.10 Å². The molecule has 0 saturated heterocycles. The maximum atomic E-state index is 12.7. The molecule has 0 bridgehead atoms. The average molecular weight is 333 g/mol. The smallest absolute Gasteiger partial charge is 0.257 e. The van der Waals surface area contributed by atoms with Crippen LogP contribution in [-0.4, -0.2) is 69.0 Å². The highest BCUT2D eigenvalue weighted by Gasteiger charge is 2.31. The zero-order valence-corrected chi connectivity index (χ0v) is 15.4. The first-order chi connectivity index (χ1) is 11.2. The molecule has 1 aliphatic heterocycles. The van der Waals surface area contributed by atoms with Gasteiger partial charge in [0.2, 0.25) is 5.91 Å². The minimum Gasteiger partial charge on any atom is -0.485 e. The van der Waals surface area contributed by atoms with Gasteiger partial charge in [-0.1, -0.05) is 13.0 Å². The first-order valence-corrected chi connectivity index (χ1v) is 8.16. The third-order valence-electron chi connectivity index (χ3n) is 4.51. The molecule has 2 rings (SSSR count). The first kappa shape index (κ1) is 18.1. The summed E-state index contributed by atoms with van der Waals surface area (Å²) < 4.78 is 6.30. The van der Waals surface area contributed by atoms with Gasteiger partial charge in [0.15, 0.2) is 5.75 Å². The number of amides is 2. The van der Waals surface area contributed by atoms with Crippen LogP contribution in [0, 0.1) is 5.92 Å². The molecule has 6 heteroatoms. The highest BCUT2D eigenvalue weighted by Crippen LogP contribution is 2.35. The maximum Gasteiger partial charge on any atom is 0.257 e. The van der Waals surface area contributed by atoms with Crippen LogP contribution < -0.4 is 9.64 Å². The fourth-order valence-corrected chi connectivity index (χ4v) is 2.89. The Labute approximate surface area is 144 Å². The quantitative estimate of drug-likeness (QED) is 0.845. The fraction of sp³-hybridized carbons (Fsp3) is 0.556. The molecule has 0 unspecified atom stereocenters. The molecule has 0 N–H and O–H groups in total. The van der Waals surface area contributed by atoms with Crippen molar-refractivity contribution in [3.05, 3.63) is 23.8 Å². The minimum atomic E-state index is -0.186. The zero-order valence-electron chi connectivity index (χ0n) is 15.4. The Balaban J connectivity index is 2.47. The SMILES string of the molecule is CC(=O)N(C)C[C@H]1Oc2c(cccc2N(C)C)C(=O)N(C)C[C@H]1C. The summed E-state index contributed by atoms with van der Waals surface area (Å²) >= 11 is 0. The van der Waals surface area contributed by atoms with Gasteiger partial charge in [-0.05, 0) is 12.1 Å². The molecule has 0 aliphatic carbocycles. The number of likely N-dealkylation sites (N-methyl/N-ethyl adjacent to an activating group) is 1. The van der Waals surface area contributed by atoms with Crippen LogP contribution in [-0.2, 0) is 4.79 Å². The van der Waals surface area contributed by atoms with Crippen molar-refractivity contribution in [3.63, 3.8) is 0 Å². The van der Waals surface area contributed by atoms with Gasteiger partial charge in [-0.2, -0.15) is 0 Å². The van der Waals surface area contributed by atoms with Crippen molar-refractivity contribution in [2.45, 2.75) is 20.0 Å². The van der Waals surface area contributed by atoms with Crippen molar-refractivity contribution in [2.24, 2.45) is 5.92 Å². The number of carbonyl (C=O) groups is 2. The van der Waals surface area contributed by atoms with Gasteiger partial charge in [-0.3, -0.25) is 9.59 Å². The van der Waals surface area contributed by atoms with Crippen molar-refractivity contribution in [3.8, 4) is 5.75 Å². The van der Waals surface area contributed by atoms with E-state index in [9.17, 15) is 9.59 Å². The van der Waals surface area contributed by atoms with E-state index in [1.165, 1.54) is 0 Å². The van der Waals surface area contributed by atoms with E-state index in [0.29, 0.717) is 24.4 Å². The molecule has 1 aromatic rings. The molecule has 1 aromatic carbocycles. The van der Waals surface area contributed by atoms with Crippen molar-refractivity contribution in [2.75, 3.05) is 46.2 Å². The van der Waals surface area contributed by atoms with Gasteiger partial charge < -0.3 is 19.4 Å². The van der Waals surface area contributed by atoms with Crippen LogP contribution in [0.1, 0.15) is 24.2 Å². The van der Waals surface area contributed by atoms with Crippen molar-refractivity contribution >= 4 is 17.5 Å². The standard InChI is InChI=1S/C18H27N3O3/c1-12-10-21(6)18(23)14-8-7-9-15(19(3)4)17(14)24-16(12)11-20(5)13(2)22/h7-9,12,16H,10-11H2,1-6H3/t12-,16-/m1/s1. The van der Waals surface area contributed by atoms with E-state index >= 15 is 0 Å². The molecule has 2 atom stereocenters. The topological polar surface area (TPSA) is 53.1 Å². The summed E-state index contributed by atoms with van der Waals surface area (Å²) in [6, 6.07) is 5.60. The summed E-state index contributed by atoms with van der Waals surface area (Å²) in [6.07, 6.45) is -0.186. The summed E-state index contributed by atoms with van der Waals surface area (Å²) in [6.45, 7) is 4.66. The monoisotopic (exact) mass is 333 g/mol. The van der Waals surface area contributed by atoms with Crippen LogP contribution in [0.15, 0.2) is 18.2 Å². The van der Waals surface area contributed by atoms with E-state index in [1.54, 1.807) is 29.8 Å². The number of anilines is 1. The third-order valence-corrected chi connectivity index (χ3v) is 4.51. The van der Waals surface area contributed by atoms with Crippen LogP contribution in [0.2, 0.25) is 0 Å². The number of ether oxygens (including phenoxy) is 1. The Morgan fingerprint density at radius 3 is 2.58 bits per heavy atom. The lowest BCUT2D eigenvalue weighted by atomic mass is 10.0. The van der Waals surface area contributed by atoms with Gasteiger partial charge >= 0.3 is 0 Å². The van der Waals surface area contributed by atoms with Crippen molar-refractivity contribution in [1.82, 2.24) is 9.80 Å². The molecule has 0 fully saturated rings. The molecule has 1 aliphatic rings. The van der Waals surface area contributed by atoms with E-state index < -0.39 is 0 Å². The maximum absolute atomic E-state index is 12.7. The molecule has 0 aromatic heterocycles. The summed E-state index contributed by atoms with van der Waals surface area (Å²) in [5.41, 5.74) is 1.42.